The highest BCUT2D eigenvalue weighted by Crippen LogP contribution is 2.18. The Bertz CT molecular complexity index is 793. The molecule has 1 fully saturated rings. The zero-order chi connectivity index (χ0) is 19.2. The molecule has 1 saturated heterocycles. The summed E-state index contributed by atoms with van der Waals surface area (Å²) < 4.78 is 5.28. The minimum Gasteiger partial charge on any atom is -0.378 e. The van der Waals surface area contributed by atoms with Crippen molar-refractivity contribution in [3.8, 4) is 0 Å². The number of amides is 1. The molecular formula is C18H25N7O2. The van der Waals surface area contributed by atoms with Gasteiger partial charge in [0, 0.05) is 18.8 Å². The molecule has 1 aliphatic rings. The van der Waals surface area contributed by atoms with E-state index < -0.39 is 0 Å². The smallest absolute Gasteiger partial charge is 0.236 e. The Hall–Kier alpha value is -2.78. The van der Waals surface area contributed by atoms with Crippen LogP contribution < -0.4 is 11.1 Å². The van der Waals surface area contributed by atoms with Crippen LogP contribution in [0.15, 0.2) is 24.3 Å². The molecule has 9 nitrogen and oxygen atoms in total. The monoisotopic (exact) mass is 371 g/mol. The van der Waals surface area contributed by atoms with E-state index in [4.69, 9.17) is 10.5 Å². The fraction of sp³-hybridized carbons (Fsp3) is 0.444. The molecule has 1 aliphatic heterocycles. The van der Waals surface area contributed by atoms with E-state index in [0.29, 0.717) is 44.6 Å². The molecule has 0 radical (unpaired) electrons. The third kappa shape index (κ3) is 5.35. The summed E-state index contributed by atoms with van der Waals surface area (Å²) in [6, 6.07) is 7.85. The molecule has 2 aromatic rings. The zero-order valence-electron chi connectivity index (χ0n) is 15.7. The number of anilines is 3. The zero-order valence-corrected chi connectivity index (χ0v) is 15.7. The summed E-state index contributed by atoms with van der Waals surface area (Å²) in [4.78, 5) is 28.8. The number of hydrogen-bond donors (Lipinski definition) is 2. The van der Waals surface area contributed by atoms with E-state index in [0.717, 1.165) is 11.3 Å². The molecule has 9 heteroatoms. The number of nitrogens with one attached hydrogen (secondary N) is 1. The average Bonchev–Trinajstić information content (AvgIpc) is 2.64. The Morgan fingerprint density at radius 2 is 2.00 bits per heavy atom. The summed E-state index contributed by atoms with van der Waals surface area (Å²) >= 11 is 0. The molecule has 0 atom stereocenters. The molecule has 1 amide bonds. The van der Waals surface area contributed by atoms with E-state index >= 15 is 0 Å². The summed E-state index contributed by atoms with van der Waals surface area (Å²) in [5.74, 6) is 1.11. The summed E-state index contributed by atoms with van der Waals surface area (Å²) in [6.07, 6.45) is 0. The number of carbonyl (C=O) groups excluding carboxylic acids is 1. The Kier molecular flexibility index (Phi) is 6.15. The van der Waals surface area contributed by atoms with Gasteiger partial charge in [-0.3, -0.25) is 9.69 Å². The highest BCUT2D eigenvalue weighted by atomic mass is 16.5. The fourth-order valence-electron chi connectivity index (χ4n) is 2.84. The number of benzene rings is 1. The largest absolute Gasteiger partial charge is 0.378 e. The number of morpholine rings is 1. The predicted octanol–water partition coefficient (Wildman–Crippen LogP) is 0.796. The first-order valence-corrected chi connectivity index (χ1v) is 8.88. The SMILES string of the molecule is Cc1ccccc1Nc1nc(N)nc(CN(C)CC(=O)N2CCOCC2)n1. The highest BCUT2D eigenvalue weighted by molar-refractivity contribution is 5.78. The number of para-hydroxylation sites is 1. The average molecular weight is 371 g/mol. The lowest BCUT2D eigenvalue weighted by atomic mass is 10.2. The van der Waals surface area contributed by atoms with Gasteiger partial charge in [0.05, 0.1) is 26.3 Å². The predicted molar refractivity (Wildman–Crippen MR) is 102 cm³/mol. The quantitative estimate of drug-likeness (QED) is 0.767. The number of rotatable bonds is 6. The molecule has 2 heterocycles. The van der Waals surface area contributed by atoms with E-state index in [2.05, 4.69) is 20.3 Å². The Morgan fingerprint density at radius 1 is 1.26 bits per heavy atom. The number of likely N-dealkylation sites (N-methyl/N-ethyl adjacent to an activating group) is 1. The second-order valence-corrected chi connectivity index (χ2v) is 6.54. The minimum atomic E-state index is 0.0705. The van der Waals surface area contributed by atoms with Gasteiger partial charge in [0.1, 0.15) is 5.82 Å². The van der Waals surface area contributed by atoms with Gasteiger partial charge in [-0.15, -0.1) is 0 Å². The molecule has 0 bridgehead atoms. The van der Waals surface area contributed by atoms with Crippen molar-refractivity contribution in [1.29, 1.82) is 0 Å². The number of aromatic nitrogens is 3. The van der Waals surface area contributed by atoms with Crippen molar-refractivity contribution in [1.82, 2.24) is 24.8 Å². The fourth-order valence-corrected chi connectivity index (χ4v) is 2.84. The van der Waals surface area contributed by atoms with Crippen LogP contribution in [0, 0.1) is 6.92 Å². The van der Waals surface area contributed by atoms with Crippen LogP contribution in [0.2, 0.25) is 0 Å². The Morgan fingerprint density at radius 3 is 2.74 bits per heavy atom. The number of hydrogen-bond acceptors (Lipinski definition) is 8. The summed E-state index contributed by atoms with van der Waals surface area (Å²) in [5, 5.41) is 3.17. The van der Waals surface area contributed by atoms with Gasteiger partial charge < -0.3 is 20.7 Å². The molecule has 1 aromatic heterocycles. The van der Waals surface area contributed by atoms with E-state index in [1.54, 1.807) is 0 Å². The number of ether oxygens (including phenoxy) is 1. The van der Waals surface area contributed by atoms with Gasteiger partial charge in [-0.1, -0.05) is 18.2 Å². The number of nitrogens with two attached hydrogens (primary N) is 1. The van der Waals surface area contributed by atoms with E-state index in [1.807, 2.05) is 48.0 Å². The van der Waals surface area contributed by atoms with Crippen LogP contribution in [0.25, 0.3) is 0 Å². The minimum absolute atomic E-state index is 0.0705. The molecule has 0 unspecified atom stereocenters. The molecule has 27 heavy (non-hydrogen) atoms. The lowest BCUT2D eigenvalue weighted by molar-refractivity contribution is -0.136. The van der Waals surface area contributed by atoms with Crippen molar-refractivity contribution >= 4 is 23.5 Å². The van der Waals surface area contributed by atoms with Crippen molar-refractivity contribution in [2.45, 2.75) is 13.5 Å². The van der Waals surface area contributed by atoms with Crippen molar-refractivity contribution < 1.29 is 9.53 Å². The van der Waals surface area contributed by atoms with Crippen LogP contribution in [0.3, 0.4) is 0 Å². The first kappa shape index (κ1) is 19.0. The molecular weight excluding hydrogens is 346 g/mol. The molecule has 0 saturated carbocycles. The normalized spacial score (nSPS) is 14.4. The lowest BCUT2D eigenvalue weighted by Crippen LogP contribution is -2.45. The summed E-state index contributed by atoms with van der Waals surface area (Å²) in [5.41, 5.74) is 7.82. The van der Waals surface area contributed by atoms with Crippen LogP contribution in [0.5, 0.6) is 0 Å². The number of carbonyl (C=O) groups is 1. The van der Waals surface area contributed by atoms with Gasteiger partial charge in [0.25, 0.3) is 0 Å². The molecule has 144 valence electrons. The van der Waals surface area contributed by atoms with Gasteiger partial charge >= 0.3 is 0 Å². The molecule has 0 aliphatic carbocycles. The molecule has 0 spiro atoms. The van der Waals surface area contributed by atoms with Crippen LogP contribution in [0.1, 0.15) is 11.4 Å². The summed E-state index contributed by atoms with van der Waals surface area (Å²) in [6.45, 7) is 5.13. The van der Waals surface area contributed by atoms with Crippen molar-refractivity contribution in [2.75, 3.05) is 50.9 Å². The first-order chi connectivity index (χ1) is 13.0. The highest BCUT2D eigenvalue weighted by Gasteiger charge is 2.19. The summed E-state index contributed by atoms with van der Waals surface area (Å²) in [7, 11) is 1.85. The van der Waals surface area contributed by atoms with Gasteiger partial charge in [-0.25, -0.2) is 0 Å². The maximum Gasteiger partial charge on any atom is 0.236 e. The molecule has 1 aromatic carbocycles. The Balaban J connectivity index is 1.63. The maximum absolute atomic E-state index is 12.3. The van der Waals surface area contributed by atoms with Gasteiger partial charge in [-0.2, -0.15) is 15.0 Å². The van der Waals surface area contributed by atoms with Gasteiger partial charge in [-0.05, 0) is 25.6 Å². The van der Waals surface area contributed by atoms with E-state index in [9.17, 15) is 4.79 Å². The third-order valence-corrected chi connectivity index (χ3v) is 4.27. The van der Waals surface area contributed by atoms with E-state index in [1.165, 1.54) is 0 Å². The Labute approximate surface area is 158 Å². The third-order valence-electron chi connectivity index (χ3n) is 4.27. The van der Waals surface area contributed by atoms with Crippen molar-refractivity contribution in [3.05, 3.63) is 35.7 Å². The number of aryl methyl sites for hydroxylation is 1. The standard InChI is InChI=1S/C18H25N7O2/c1-13-5-3-4-6-14(13)20-18-22-15(21-17(19)23-18)11-24(2)12-16(26)25-7-9-27-10-8-25/h3-6H,7-12H2,1-2H3,(H3,19,20,21,22,23). The second kappa shape index (κ2) is 8.74. The van der Waals surface area contributed by atoms with Crippen LogP contribution in [-0.2, 0) is 16.1 Å². The van der Waals surface area contributed by atoms with Gasteiger partial charge in [0.15, 0.2) is 0 Å². The van der Waals surface area contributed by atoms with Crippen LogP contribution >= 0.6 is 0 Å². The topological polar surface area (TPSA) is 109 Å². The van der Waals surface area contributed by atoms with Crippen LogP contribution in [-0.4, -0.2) is 70.6 Å². The number of nitrogen functional groups attached to an aromatic ring is 1. The number of nitrogens with zero attached hydrogens (tertiary/aromatic N) is 5. The van der Waals surface area contributed by atoms with E-state index in [-0.39, 0.29) is 18.4 Å². The lowest BCUT2D eigenvalue weighted by Gasteiger charge is -2.28. The van der Waals surface area contributed by atoms with Crippen molar-refractivity contribution in [2.24, 2.45) is 0 Å². The first-order valence-electron chi connectivity index (χ1n) is 8.88. The van der Waals surface area contributed by atoms with Crippen molar-refractivity contribution in [3.63, 3.8) is 0 Å². The maximum atomic E-state index is 12.3. The molecule has 3 N–H and O–H groups in total. The van der Waals surface area contributed by atoms with Crippen LogP contribution in [0.4, 0.5) is 17.6 Å². The van der Waals surface area contributed by atoms with Gasteiger partial charge in [0.2, 0.25) is 17.8 Å². The molecule has 3 rings (SSSR count). The second-order valence-electron chi connectivity index (χ2n) is 6.54.